The largest absolute Gasteiger partial charge is 0.463 e. The van der Waals surface area contributed by atoms with Gasteiger partial charge in [-0.3, -0.25) is 4.79 Å². The van der Waals surface area contributed by atoms with Gasteiger partial charge in [0.15, 0.2) is 0 Å². The summed E-state index contributed by atoms with van der Waals surface area (Å²) < 4.78 is 7.10. The first-order chi connectivity index (χ1) is 19.8. The van der Waals surface area contributed by atoms with E-state index >= 15 is 0 Å². The van der Waals surface area contributed by atoms with Gasteiger partial charge in [0.05, 0.1) is 18.2 Å². The van der Waals surface area contributed by atoms with Gasteiger partial charge in [-0.05, 0) is 72.2 Å². The first kappa shape index (κ1) is 30.0. The molecule has 1 aliphatic rings. The molecule has 4 aromatic carbocycles. The van der Waals surface area contributed by atoms with Gasteiger partial charge < -0.3 is 15.4 Å². The highest BCUT2D eigenvalue weighted by Gasteiger charge is 2.22. The Labute approximate surface area is 257 Å². The summed E-state index contributed by atoms with van der Waals surface area (Å²) in [5, 5.41) is 6.27. The molecule has 0 aliphatic carbocycles. The lowest BCUT2D eigenvalue weighted by molar-refractivity contribution is -0.138. The number of benzene rings is 4. The van der Waals surface area contributed by atoms with E-state index in [1.165, 1.54) is 0 Å². The standard InChI is InChI=1S/C18H18BrNO2.C16H12BrNO/c1-3-22-18(21)13(2)17(14-7-5-4-6-8-14)20-16-11-9-15(19)10-12-16;17-14-6-7-15-12(10-14)9-13(16(19)18-15)8-11-4-2-1-3-5-11/h4-12,17,20H,2-3H2,1H3;1-8,10H,9H2,(H,18,19)/b;13-8+. The Balaban J connectivity index is 0.000000191. The van der Waals surface area contributed by atoms with Crippen LogP contribution in [-0.4, -0.2) is 18.5 Å². The summed E-state index contributed by atoms with van der Waals surface area (Å²) in [6.45, 7) is 6.03. The number of ether oxygens (including phenoxy) is 1. The third kappa shape index (κ3) is 8.52. The molecule has 1 amide bonds. The summed E-state index contributed by atoms with van der Waals surface area (Å²) in [5.41, 5.74) is 6.12. The van der Waals surface area contributed by atoms with E-state index in [1.807, 2.05) is 109 Å². The first-order valence-electron chi connectivity index (χ1n) is 13.1. The zero-order valence-electron chi connectivity index (χ0n) is 22.6. The van der Waals surface area contributed by atoms with Crippen molar-refractivity contribution in [3.8, 4) is 0 Å². The average molecular weight is 674 g/mol. The van der Waals surface area contributed by atoms with Gasteiger partial charge in [-0.1, -0.05) is 99.1 Å². The van der Waals surface area contributed by atoms with Crippen LogP contribution in [0.4, 0.5) is 11.4 Å². The van der Waals surface area contributed by atoms with Gasteiger partial charge in [0, 0.05) is 32.3 Å². The van der Waals surface area contributed by atoms with Crippen LogP contribution in [0, 0.1) is 0 Å². The number of hydrogen-bond donors (Lipinski definition) is 2. The highest BCUT2D eigenvalue weighted by molar-refractivity contribution is 9.10. The lowest BCUT2D eigenvalue weighted by atomic mass is 9.97. The number of nitrogens with one attached hydrogen (secondary N) is 2. The fraction of sp³-hybridized carbons (Fsp3) is 0.118. The van der Waals surface area contributed by atoms with E-state index in [9.17, 15) is 9.59 Å². The van der Waals surface area contributed by atoms with Crippen molar-refractivity contribution in [2.45, 2.75) is 19.4 Å². The molecule has 41 heavy (non-hydrogen) atoms. The maximum atomic E-state index is 12.1. The second kappa shape index (κ2) is 14.6. The predicted molar refractivity (Wildman–Crippen MR) is 174 cm³/mol. The van der Waals surface area contributed by atoms with E-state index in [1.54, 1.807) is 6.92 Å². The van der Waals surface area contributed by atoms with Crippen molar-refractivity contribution in [2.24, 2.45) is 0 Å². The van der Waals surface area contributed by atoms with Crippen LogP contribution in [0.25, 0.3) is 6.08 Å². The zero-order chi connectivity index (χ0) is 29.2. The van der Waals surface area contributed by atoms with E-state index in [0.717, 1.165) is 42.6 Å². The molecule has 0 radical (unpaired) electrons. The Bertz CT molecular complexity index is 1540. The molecule has 208 valence electrons. The topological polar surface area (TPSA) is 67.4 Å². The Morgan fingerprint density at radius 3 is 2.24 bits per heavy atom. The second-order valence-electron chi connectivity index (χ2n) is 9.25. The molecule has 1 heterocycles. The minimum atomic E-state index is -0.388. The van der Waals surface area contributed by atoms with Crippen LogP contribution in [0.2, 0.25) is 0 Å². The van der Waals surface area contributed by atoms with Crippen LogP contribution in [-0.2, 0) is 20.7 Å². The van der Waals surface area contributed by atoms with Crippen molar-refractivity contribution in [3.63, 3.8) is 0 Å². The minimum absolute atomic E-state index is 0.0151. The summed E-state index contributed by atoms with van der Waals surface area (Å²) >= 11 is 6.87. The van der Waals surface area contributed by atoms with Crippen molar-refractivity contribution in [2.75, 3.05) is 17.2 Å². The Morgan fingerprint density at radius 2 is 1.59 bits per heavy atom. The fourth-order valence-corrected chi connectivity index (χ4v) is 4.93. The van der Waals surface area contributed by atoms with E-state index in [0.29, 0.717) is 18.6 Å². The maximum absolute atomic E-state index is 12.1. The van der Waals surface area contributed by atoms with Crippen molar-refractivity contribution >= 4 is 61.2 Å². The number of amides is 1. The molecule has 2 N–H and O–H groups in total. The predicted octanol–water partition coefficient (Wildman–Crippen LogP) is 8.75. The molecule has 7 heteroatoms. The first-order valence-corrected chi connectivity index (χ1v) is 14.7. The number of carbonyl (C=O) groups excluding carboxylic acids is 2. The SMILES string of the molecule is C=C(C(=O)OCC)C(Nc1ccc(Br)cc1)c1ccccc1.O=C1Nc2ccc(Br)cc2C/C1=C\c1ccccc1. The molecular formula is C34H30Br2N2O3. The van der Waals surface area contributed by atoms with E-state index in [2.05, 4.69) is 49.1 Å². The molecule has 1 atom stereocenters. The van der Waals surface area contributed by atoms with Crippen molar-refractivity contribution < 1.29 is 14.3 Å². The molecule has 0 saturated heterocycles. The lowest BCUT2D eigenvalue weighted by Gasteiger charge is -2.21. The summed E-state index contributed by atoms with van der Waals surface area (Å²) in [5.74, 6) is -0.403. The van der Waals surface area contributed by atoms with Crippen LogP contribution in [0.15, 0.2) is 130 Å². The van der Waals surface area contributed by atoms with Crippen LogP contribution < -0.4 is 10.6 Å². The number of carbonyl (C=O) groups is 2. The second-order valence-corrected chi connectivity index (χ2v) is 11.1. The molecule has 1 unspecified atom stereocenters. The van der Waals surface area contributed by atoms with Crippen LogP contribution >= 0.6 is 31.9 Å². The molecule has 1 aliphatic heterocycles. The van der Waals surface area contributed by atoms with Gasteiger partial charge >= 0.3 is 5.97 Å². The van der Waals surface area contributed by atoms with Crippen LogP contribution in [0.1, 0.15) is 29.7 Å². The average Bonchev–Trinajstić information content (AvgIpc) is 2.98. The number of anilines is 2. The third-order valence-electron chi connectivity index (χ3n) is 6.30. The van der Waals surface area contributed by atoms with E-state index in [4.69, 9.17) is 4.74 Å². The van der Waals surface area contributed by atoms with E-state index < -0.39 is 0 Å². The molecular weight excluding hydrogens is 644 g/mol. The molecule has 5 nitrogen and oxygen atoms in total. The molecule has 0 spiro atoms. The molecule has 0 saturated carbocycles. The Kier molecular flexibility index (Phi) is 10.7. The number of rotatable bonds is 7. The molecule has 5 rings (SSSR count). The molecule has 4 aromatic rings. The molecule has 0 fully saturated rings. The highest BCUT2D eigenvalue weighted by atomic mass is 79.9. The summed E-state index contributed by atoms with van der Waals surface area (Å²) in [4.78, 5) is 24.1. The fourth-order valence-electron chi connectivity index (χ4n) is 4.26. The number of halogens is 2. The lowest BCUT2D eigenvalue weighted by Crippen LogP contribution is -2.22. The van der Waals surface area contributed by atoms with Crippen LogP contribution in [0.3, 0.4) is 0 Å². The maximum Gasteiger partial charge on any atom is 0.335 e. The van der Waals surface area contributed by atoms with Gasteiger partial charge in [0.25, 0.3) is 5.91 Å². The molecule has 0 aromatic heterocycles. The number of fused-ring (bicyclic) bond motifs is 1. The quantitative estimate of drug-likeness (QED) is 0.152. The third-order valence-corrected chi connectivity index (χ3v) is 7.32. The van der Waals surface area contributed by atoms with Gasteiger partial charge in [-0.25, -0.2) is 4.79 Å². The summed E-state index contributed by atoms with van der Waals surface area (Å²) in [6, 6.07) is 33.0. The van der Waals surface area contributed by atoms with Crippen molar-refractivity contribution in [1.82, 2.24) is 0 Å². The number of esters is 1. The van der Waals surface area contributed by atoms with E-state index in [-0.39, 0.29) is 17.9 Å². The van der Waals surface area contributed by atoms with Crippen molar-refractivity contribution in [1.29, 1.82) is 0 Å². The van der Waals surface area contributed by atoms with Gasteiger partial charge in [-0.2, -0.15) is 0 Å². The smallest absolute Gasteiger partial charge is 0.335 e. The van der Waals surface area contributed by atoms with Gasteiger partial charge in [0.1, 0.15) is 0 Å². The Morgan fingerprint density at radius 1 is 0.951 bits per heavy atom. The van der Waals surface area contributed by atoms with Crippen LogP contribution in [0.5, 0.6) is 0 Å². The monoisotopic (exact) mass is 672 g/mol. The minimum Gasteiger partial charge on any atom is -0.463 e. The highest BCUT2D eigenvalue weighted by Crippen LogP contribution is 2.29. The normalized spacial score (nSPS) is 13.6. The van der Waals surface area contributed by atoms with Crippen molar-refractivity contribution in [3.05, 3.63) is 146 Å². The number of hydrogen-bond acceptors (Lipinski definition) is 4. The Hall–Kier alpha value is -3.94. The molecule has 0 bridgehead atoms. The summed E-state index contributed by atoms with van der Waals surface area (Å²) in [7, 11) is 0. The summed E-state index contributed by atoms with van der Waals surface area (Å²) in [6.07, 6.45) is 2.61. The zero-order valence-corrected chi connectivity index (χ0v) is 25.7. The van der Waals surface area contributed by atoms with Gasteiger partial charge in [-0.15, -0.1) is 0 Å². The van der Waals surface area contributed by atoms with Gasteiger partial charge in [0.2, 0.25) is 0 Å².